The number of likely N-dealkylation sites (tertiary alicyclic amines) is 1. The summed E-state index contributed by atoms with van der Waals surface area (Å²) in [5.41, 5.74) is 0.310. The maximum atomic E-state index is 5.63. The molecule has 1 fully saturated rings. The van der Waals surface area contributed by atoms with Crippen LogP contribution in [0.3, 0.4) is 0 Å². The van der Waals surface area contributed by atoms with E-state index in [2.05, 4.69) is 41.8 Å². The normalized spacial score (nSPS) is 23.8. The van der Waals surface area contributed by atoms with Gasteiger partial charge < -0.3 is 4.74 Å². The highest BCUT2D eigenvalue weighted by Crippen LogP contribution is 2.24. The second kappa shape index (κ2) is 3.61. The van der Waals surface area contributed by atoms with Gasteiger partial charge in [0.25, 0.3) is 0 Å². The molecule has 0 saturated carbocycles. The van der Waals surface area contributed by atoms with Gasteiger partial charge in [0.05, 0.1) is 11.9 Å². The summed E-state index contributed by atoms with van der Waals surface area (Å²) in [7, 11) is 2.67. The molecule has 0 radical (unpaired) electrons. The van der Waals surface area contributed by atoms with Crippen LogP contribution in [0.2, 0.25) is 0 Å². The summed E-state index contributed by atoms with van der Waals surface area (Å²) in [6, 6.07) is 0. The SMILES string of the molecule is CC(P)OC1CN(C(C)(C)C)C1. The highest BCUT2D eigenvalue weighted by Gasteiger charge is 2.35. The molecule has 1 saturated heterocycles. The molecule has 0 aliphatic carbocycles. The van der Waals surface area contributed by atoms with Gasteiger partial charge in [-0.15, -0.1) is 9.24 Å². The van der Waals surface area contributed by atoms with Gasteiger partial charge in [0.15, 0.2) is 0 Å². The molecule has 72 valence electrons. The molecular weight excluding hydrogens is 169 g/mol. The first-order chi connectivity index (χ1) is 5.39. The van der Waals surface area contributed by atoms with Crippen molar-refractivity contribution in [3.63, 3.8) is 0 Å². The third kappa shape index (κ3) is 2.69. The van der Waals surface area contributed by atoms with Crippen molar-refractivity contribution >= 4 is 9.24 Å². The Hall–Kier alpha value is 0.350. The molecule has 0 aromatic heterocycles. The van der Waals surface area contributed by atoms with Crippen LogP contribution in [0.15, 0.2) is 0 Å². The van der Waals surface area contributed by atoms with E-state index in [1.165, 1.54) is 0 Å². The van der Waals surface area contributed by atoms with Crippen LogP contribution in [0.5, 0.6) is 0 Å². The number of hydrogen-bond donors (Lipinski definition) is 0. The summed E-state index contributed by atoms with van der Waals surface area (Å²) in [4.78, 5) is 2.44. The molecule has 2 atom stereocenters. The molecule has 2 unspecified atom stereocenters. The van der Waals surface area contributed by atoms with Crippen LogP contribution < -0.4 is 0 Å². The molecule has 0 N–H and O–H groups in total. The zero-order valence-electron chi connectivity index (χ0n) is 8.50. The van der Waals surface area contributed by atoms with Gasteiger partial charge in [0, 0.05) is 18.6 Å². The minimum absolute atomic E-state index is 0.289. The van der Waals surface area contributed by atoms with E-state index in [0.717, 1.165) is 13.1 Å². The molecule has 0 bridgehead atoms. The molecule has 3 heteroatoms. The van der Waals surface area contributed by atoms with Crippen LogP contribution in [0.25, 0.3) is 0 Å². The summed E-state index contributed by atoms with van der Waals surface area (Å²) in [6.45, 7) is 11.0. The van der Waals surface area contributed by atoms with Crippen LogP contribution in [-0.2, 0) is 4.74 Å². The summed E-state index contributed by atoms with van der Waals surface area (Å²) in [5, 5.41) is 0. The Labute approximate surface area is 77.9 Å². The molecule has 1 aliphatic rings. The maximum Gasteiger partial charge on any atom is 0.0837 e. The van der Waals surface area contributed by atoms with Crippen molar-refractivity contribution in [1.82, 2.24) is 4.90 Å². The van der Waals surface area contributed by atoms with Gasteiger partial charge in [0.1, 0.15) is 0 Å². The van der Waals surface area contributed by atoms with Crippen molar-refractivity contribution in [1.29, 1.82) is 0 Å². The van der Waals surface area contributed by atoms with Gasteiger partial charge in [-0.25, -0.2) is 0 Å². The van der Waals surface area contributed by atoms with E-state index in [9.17, 15) is 0 Å². The third-order valence-electron chi connectivity index (χ3n) is 2.20. The van der Waals surface area contributed by atoms with Crippen LogP contribution in [0.1, 0.15) is 27.7 Å². The monoisotopic (exact) mass is 189 g/mol. The van der Waals surface area contributed by atoms with Gasteiger partial charge in [-0.2, -0.15) is 0 Å². The Morgan fingerprint density at radius 2 is 1.92 bits per heavy atom. The van der Waals surface area contributed by atoms with Gasteiger partial charge >= 0.3 is 0 Å². The quantitative estimate of drug-likeness (QED) is 0.613. The second-order valence-corrected chi connectivity index (χ2v) is 5.48. The predicted octanol–water partition coefficient (Wildman–Crippen LogP) is 1.71. The zero-order valence-corrected chi connectivity index (χ0v) is 9.66. The lowest BCUT2D eigenvalue weighted by Gasteiger charge is -2.47. The third-order valence-corrected chi connectivity index (χ3v) is 2.36. The topological polar surface area (TPSA) is 12.5 Å². The Morgan fingerprint density at radius 1 is 1.42 bits per heavy atom. The van der Waals surface area contributed by atoms with Crippen LogP contribution in [0.4, 0.5) is 0 Å². The highest BCUT2D eigenvalue weighted by atomic mass is 31.0. The fourth-order valence-electron chi connectivity index (χ4n) is 1.38. The van der Waals surface area contributed by atoms with E-state index in [0.29, 0.717) is 11.6 Å². The van der Waals surface area contributed by atoms with Crippen molar-refractivity contribution < 1.29 is 4.74 Å². The summed E-state index contributed by atoms with van der Waals surface area (Å²) in [6.07, 6.45) is 0.455. The first-order valence-corrected chi connectivity index (χ1v) is 5.22. The van der Waals surface area contributed by atoms with E-state index in [4.69, 9.17) is 4.74 Å². The summed E-state index contributed by atoms with van der Waals surface area (Å²) in [5.74, 6) is 0.289. The van der Waals surface area contributed by atoms with Gasteiger partial charge in [0.2, 0.25) is 0 Å². The highest BCUT2D eigenvalue weighted by molar-refractivity contribution is 7.17. The largest absolute Gasteiger partial charge is 0.369 e. The molecule has 2 nitrogen and oxygen atoms in total. The Kier molecular flexibility index (Phi) is 3.14. The van der Waals surface area contributed by atoms with E-state index >= 15 is 0 Å². The van der Waals surface area contributed by atoms with Gasteiger partial charge in [-0.05, 0) is 27.7 Å². The Morgan fingerprint density at radius 3 is 2.25 bits per heavy atom. The molecule has 1 rings (SSSR count). The van der Waals surface area contributed by atoms with Crippen molar-refractivity contribution in [2.75, 3.05) is 13.1 Å². The molecule has 0 aromatic rings. The fraction of sp³-hybridized carbons (Fsp3) is 1.00. The summed E-state index contributed by atoms with van der Waals surface area (Å²) >= 11 is 0. The van der Waals surface area contributed by atoms with Crippen molar-refractivity contribution in [3.8, 4) is 0 Å². The Balaban J connectivity index is 2.20. The first kappa shape index (κ1) is 10.4. The van der Waals surface area contributed by atoms with Crippen LogP contribution in [-0.4, -0.2) is 35.5 Å². The first-order valence-electron chi connectivity index (χ1n) is 4.55. The number of hydrogen-bond acceptors (Lipinski definition) is 2. The summed E-state index contributed by atoms with van der Waals surface area (Å²) < 4.78 is 5.63. The lowest BCUT2D eigenvalue weighted by atomic mass is 9.99. The number of ether oxygens (including phenoxy) is 1. The van der Waals surface area contributed by atoms with Crippen molar-refractivity contribution in [2.45, 2.75) is 45.2 Å². The van der Waals surface area contributed by atoms with E-state index in [-0.39, 0.29) is 5.85 Å². The zero-order chi connectivity index (χ0) is 9.35. The molecule has 1 aliphatic heterocycles. The van der Waals surface area contributed by atoms with Gasteiger partial charge in [-0.1, -0.05) is 0 Å². The minimum Gasteiger partial charge on any atom is -0.369 e. The maximum absolute atomic E-state index is 5.63. The molecule has 0 amide bonds. The van der Waals surface area contributed by atoms with E-state index < -0.39 is 0 Å². The standard InChI is InChI=1S/C9H20NOP/c1-7(12)11-8-5-10(6-8)9(2,3)4/h7-8H,5-6,12H2,1-4H3. The number of rotatable bonds is 2. The fourth-order valence-corrected chi connectivity index (χ4v) is 1.60. The van der Waals surface area contributed by atoms with Gasteiger partial charge in [-0.3, -0.25) is 4.90 Å². The number of nitrogens with zero attached hydrogens (tertiary/aromatic N) is 1. The molecule has 1 heterocycles. The lowest BCUT2D eigenvalue weighted by Crippen LogP contribution is -2.59. The minimum atomic E-state index is 0.289. The second-order valence-electron chi connectivity index (χ2n) is 4.54. The smallest absolute Gasteiger partial charge is 0.0837 e. The average molecular weight is 189 g/mol. The molecule has 0 spiro atoms. The van der Waals surface area contributed by atoms with Crippen molar-refractivity contribution in [2.24, 2.45) is 0 Å². The lowest BCUT2D eigenvalue weighted by molar-refractivity contribution is -0.0934. The van der Waals surface area contributed by atoms with E-state index in [1.54, 1.807) is 0 Å². The van der Waals surface area contributed by atoms with E-state index in [1.807, 2.05) is 0 Å². The molecular formula is C9H20NOP. The Bertz CT molecular complexity index is 147. The van der Waals surface area contributed by atoms with Crippen molar-refractivity contribution in [3.05, 3.63) is 0 Å². The van der Waals surface area contributed by atoms with Crippen LogP contribution in [0, 0.1) is 0 Å². The molecule has 0 aromatic carbocycles. The average Bonchev–Trinajstić information content (AvgIpc) is 1.73. The van der Waals surface area contributed by atoms with Crippen LogP contribution >= 0.6 is 9.24 Å². The molecule has 12 heavy (non-hydrogen) atoms. The predicted molar refractivity (Wildman–Crippen MR) is 55.4 cm³/mol.